The highest BCUT2D eigenvalue weighted by Gasteiger charge is 2.25. The Labute approximate surface area is 72.3 Å². The zero-order valence-electron chi connectivity index (χ0n) is 5.22. The van der Waals surface area contributed by atoms with Crippen molar-refractivity contribution in [1.29, 1.82) is 0 Å². The lowest BCUT2D eigenvalue weighted by atomic mass is 10.7. The molecule has 0 atom stereocenters. The van der Waals surface area contributed by atoms with E-state index in [4.69, 9.17) is 11.6 Å². The Kier molecular flexibility index (Phi) is 1.49. The van der Waals surface area contributed by atoms with E-state index >= 15 is 0 Å². The maximum Gasteiger partial charge on any atom is 0.178 e. The van der Waals surface area contributed by atoms with Crippen LogP contribution < -0.4 is 0 Å². The van der Waals surface area contributed by atoms with Gasteiger partial charge in [0.15, 0.2) is 4.73 Å². The lowest BCUT2D eigenvalue weighted by Gasteiger charge is -1.96. The molecule has 1 saturated carbocycles. The summed E-state index contributed by atoms with van der Waals surface area (Å²) in [5, 5.41) is 0.568. The van der Waals surface area contributed by atoms with Gasteiger partial charge in [0.1, 0.15) is 5.15 Å². The molecule has 2 rings (SSSR count). The molecule has 1 aromatic rings. The molecule has 0 unspecified atom stereocenters. The van der Waals surface area contributed by atoms with Crippen LogP contribution >= 0.6 is 27.5 Å². The van der Waals surface area contributed by atoms with Gasteiger partial charge in [-0.2, -0.15) is 0 Å². The summed E-state index contributed by atoms with van der Waals surface area (Å²) in [6, 6.07) is 0.648. The van der Waals surface area contributed by atoms with Crippen LogP contribution in [-0.4, -0.2) is 9.55 Å². The Morgan fingerprint density at radius 2 is 2.40 bits per heavy atom. The average Bonchev–Trinajstić information content (AvgIpc) is 2.61. The lowest BCUT2D eigenvalue weighted by Crippen LogP contribution is -1.90. The molecule has 1 aromatic heterocycles. The Morgan fingerprint density at radius 3 is 2.80 bits per heavy atom. The van der Waals surface area contributed by atoms with E-state index in [9.17, 15) is 0 Å². The summed E-state index contributed by atoms with van der Waals surface area (Å²) in [5.74, 6) is 0. The second-order valence-corrected chi connectivity index (χ2v) is 3.57. The van der Waals surface area contributed by atoms with Crippen LogP contribution in [0, 0.1) is 0 Å². The molecule has 0 aliphatic heterocycles. The molecule has 0 spiro atoms. The molecule has 10 heavy (non-hydrogen) atoms. The number of aromatic nitrogens is 2. The Hall–Kier alpha value is -0.0200. The first-order valence-corrected chi connectivity index (χ1v) is 4.34. The van der Waals surface area contributed by atoms with Crippen LogP contribution in [0.3, 0.4) is 0 Å². The minimum Gasteiger partial charge on any atom is -0.321 e. The zero-order chi connectivity index (χ0) is 7.14. The third-order valence-corrected chi connectivity index (χ3v) is 2.37. The van der Waals surface area contributed by atoms with Crippen molar-refractivity contribution < 1.29 is 0 Å². The molecule has 1 fully saturated rings. The highest BCUT2D eigenvalue weighted by atomic mass is 79.9. The van der Waals surface area contributed by atoms with Crippen molar-refractivity contribution in [2.45, 2.75) is 18.9 Å². The summed E-state index contributed by atoms with van der Waals surface area (Å²) in [6.45, 7) is 0. The van der Waals surface area contributed by atoms with E-state index in [0.717, 1.165) is 4.73 Å². The molecule has 1 heterocycles. The van der Waals surface area contributed by atoms with Crippen molar-refractivity contribution >= 4 is 27.5 Å². The summed E-state index contributed by atoms with van der Waals surface area (Å²) < 4.78 is 2.92. The highest BCUT2D eigenvalue weighted by Crippen LogP contribution is 2.37. The normalized spacial score (nSPS) is 17.8. The van der Waals surface area contributed by atoms with E-state index in [2.05, 4.69) is 25.5 Å². The molecule has 0 radical (unpaired) electrons. The maximum absolute atomic E-state index is 5.68. The van der Waals surface area contributed by atoms with Crippen LogP contribution in [0.1, 0.15) is 18.9 Å². The third-order valence-electron chi connectivity index (χ3n) is 1.60. The van der Waals surface area contributed by atoms with Crippen LogP contribution in [0.4, 0.5) is 0 Å². The predicted molar refractivity (Wildman–Crippen MR) is 43.2 cm³/mol. The van der Waals surface area contributed by atoms with Crippen molar-refractivity contribution in [3.63, 3.8) is 0 Å². The molecule has 1 aliphatic carbocycles. The number of hydrogen-bond acceptors (Lipinski definition) is 1. The van der Waals surface area contributed by atoms with E-state index in [-0.39, 0.29) is 0 Å². The van der Waals surface area contributed by atoms with Crippen LogP contribution in [0.2, 0.25) is 5.15 Å². The lowest BCUT2D eigenvalue weighted by molar-refractivity contribution is 0.720. The molecule has 0 bridgehead atoms. The van der Waals surface area contributed by atoms with Crippen LogP contribution in [-0.2, 0) is 0 Å². The summed E-state index contributed by atoms with van der Waals surface area (Å²) in [5.41, 5.74) is 0. The fourth-order valence-corrected chi connectivity index (χ4v) is 1.82. The average molecular weight is 221 g/mol. The quantitative estimate of drug-likeness (QED) is 0.713. The predicted octanol–water partition coefficient (Wildman–Crippen LogP) is 2.63. The summed E-state index contributed by atoms with van der Waals surface area (Å²) in [6.07, 6.45) is 4.37. The Balaban J connectivity index is 2.38. The smallest absolute Gasteiger partial charge is 0.178 e. The van der Waals surface area contributed by atoms with Crippen molar-refractivity contribution in [2.24, 2.45) is 0 Å². The maximum atomic E-state index is 5.68. The van der Waals surface area contributed by atoms with Gasteiger partial charge in [-0.15, -0.1) is 0 Å². The molecule has 4 heteroatoms. The van der Waals surface area contributed by atoms with Crippen LogP contribution in [0.5, 0.6) is 0 Å². The van der Waals surface area contributed by atoms with E-state index in [0.29, 0.717) is 11.2 Å². The molecular formula is C6H6BrClN2. The summed E-state index contributed by atoms with van der Waals surface area (Å²) in [7, 11) is 0. The van der Waals surface area contributed by atoms with Gasteiger partial charge >= 0.3 is 0 Å². The standard InChI is InChI=1S/C6H6BrClN2/c7-6-9-5(8)3-10(6)4-1-2-4/h3-4H,1-2H2. The SMILES string of the molecule is Clc1cn(C2CC2)c(Br)n1. The highest BCUT2D eigenvalue weighted by molar-refractivity contribution is 9.10. The van der Waals surface area contributed by atoms with Gasteiger partial charge in [-0.05, 0) is 28.8 Å². The van der Waals surface area contributed by atoms with E-state index in [1.807, 2.05) is 6.20 Å². The van der Waals surface area contributed by atoms with Gasteiger partial charge < -0.3 is 4.57 Å². The Morgan fingerprint density at radius 1 is 1.70 bits per heavy atom. The molecule has 54 valence electrons. The van der Waals surface area contributed by atoms with Crippen molar-refractivity contribution in [1.82, 2.24) is 9.55 Å². The van der Waals surface area contributed by atoms with Gasteiger partial charge in [0.2, 0.25) is 0 Å². The van der Waals surface area contributed by atoms with E-state index < -0.39 is 0 Å². The number of rotatable bonds is 1. The van der Waals surface area contributed by atoms with Gasteiger partial charge in [0, 0.05) is 12.2 Å². The summed E-state index contributed by atoms with van der Waals surface area (Å²) >= 11 is 9.00. The molecule has 0 amide bonds. The second kappa shape index (κ2) is 2.24. The van der Waals surface area contributed by atoms with Gasteiger partial charge in [-0.3, -0.25) is 0 Å². The van der Waals surface area contributed by atoms with Crippen molar-refractivity contribution in [3.05, 3.63) is 16.1 Å². The molecule has 0 saturated heterocycles. The molecule has 2 nitrogen and oxygen atoms in total. The van der Waals surface area contributed by atoms with Crippen LogP contribution in [0.15, 0.2) is 10.9 Å². The first kappa shape index (κ1) is 6.68. The number of nitrogens with zero attached hydrogens (tertiary/aromatic N) is 2. The third kappa shape index (κ3) is 1.08. The minimum atomic E-state index is 0.568. The molecular weight excluding hydrogens is 215 g/mol. The monoisotopic (exact) mass is 220 g/mol. The van der Waals surface area contributed by atoms with Crippen molar-refractivity contribution in [3.8, 4) is 0 Å². The summed E-state index contributed by atoms with van der Waals surface area (Å²) in [4.78, 5) is 4.02. The van der Waals surface area contributed by atoms with E-state index in [1.54, 1.807) is 0 Å². The molecule has 0 aromatic carbocycles. The Bertz CT molecular complexity index is 254. The topological polar surface area (TPSA) is 17.8 Å². The van der Waals surface area contributed by atoms with Gasteiger partial charge in [-0.1, -0.05) is 11.6 Å². The van der Waals surface area contributed by atoms with Crippen molar-refractivity contribution in [2.75, 3.05) is 0 Å². The molecule has 1 aliphatic rings. The van der Waals surface area contributed by atoms with Gasteiger partial charge in [-0.25, -0.2) is 4.98 Å². The fraction of sp³-hybridized carbons (Fsp3) is 0.500. The van der Waals surface area contributed by atoms with Gasteiger partial charge in [0.05, 0.1) is 0 Å². The second-order valence-electron chi connectivity index (χ2n) is 2.47. The first-order chi connectivity index (χ1) is 4.77. The minimum absolute atomic E-state index is 0.568. The molecule has 0 N–H and O–H groups in total. The van der Waals surface area contributed by atoms with Crippen LogP contribution in [0.25, 0.3) is 0 Å². The number of hydrogen-bond donors (Lipinski definition) is 0. The largest absolute Gasteiger partial charge is 0.321 e. The van der Waals surface area contributed by atoms with Gasteiger partial charge in [0.25, 0.3) is 0 Å². The fourth-order valence-electron chi connectivity index (χ4n) is 0.952. The number of imidazole rings is 1. The van der Waals surface area contributed by atoms with E-state index in [1.165, 1.54) is 12.8 Å². The number of halogens is 2. The zero-order valence-corrected chi connectivity index (χ0v) is 7.56. The first-order valence-electron chi connectivity index (χ1n) is 3.17.